The summed E-state index contributed by atoms with van der Waals surface area (Å²) in [6, 6.07) is 16.5. The van der Waals surface area contributed by atoms with Gasteiger partial charge >= 0.3 is 0 Å². The number of sulfone groups is 1. The Kier molecular flexibility index (Phi) is 9.97. The first-order valence-corrected chi connectivity index (χ1v) is 12.9. The first-order valence-electron chi connectivity index (χ1n) is 11.0. The lowest BCUT2D eigenvalue weighted by molar-refractivity contribution is -0.118. The highest BCUT2D eigenvalue weighted by Crippen LogP contribution is 2.29. The van der Waals surface area contributed by atoms with Crippen molar-refractivity contribution in [3.05, 3.63) is 71.5 Å². The average molecular weight is 474 g/mol. The van der Waals surface area contributed by atoms with E-state index in [4.69, 9.17) is 4.74 Å². The van der Waals surface area contributed by atoms with Gasteiger partial charge in [-0.3, -0.25) is 9.79 Å². The third kappa shape index (κ3) is 7.93. The predicted molar refractivity (Wildman–Crippen MR) is 131 cm³/mol. The van der Waals surface area contributed by atoms with Crippen LogP contribution in [0, 0.1) is 0 Å². The predicted octanol–water partition coefficient (Wildman–Crippen LogP) is 5.25. The topological polar surface area (TPSA) is 72.8 Å². The molecule has 2 atom stereocenters. The summed E-state index contributed by atoms with van der Waals surface area (Å²) in [4.78, 5) is 16.2. The largest absolute Gasteiger partial charge is 0.483 e. The maximum atomic E-state index is 13.9. The smallest absolute Gasteiger partial charge is 0.195 e. The number of carbonyl (C=O) groups is 1. The first-order chi connectivity index (χ1) is 15.7. The molecule has 178 valence electrons. The van der Waals surface area contributed by atoms with Gasteiger partial charge in [0.1, 0.15) is 12.3 Å². The molecule has 3 rings (SSSR count). The summed E-state index contributed by atoms with van der Waals surface area (Å²) in [6.45, 7) is 3.52. The Morgan fingerprint density at radius 3 is 2.18 bits per heavy atom. The second kappa shape index (κ2) is 12.4. The van der Waals surface area contributed by atoms with Crippen molar-refractivity contribution in [1.29, 1.82) is 0 Å². The van der Waals surface area contributed by atoms with Gasteiger partial charge < -0.3 is 4.74 Å². The van der Waals surface area contributed by atoms with Gasteiger partial charge in [-0.15, -0.1) is 0 Å². The molecule has 0 aromatic heterocycles. The van der Waals surface area contributed by atoms with Crippen LogP contribution in [0.15, 0.2) is 70.2 Å². The summed E-state index contributed by atoms with van der Waals surface area (Å²) < 4.78 is 42.8. The van der Waals surface area contributed by atoms with Gasteiger partial charge in [0.2, 0.25) is 0 Å². The molecule has 1 fully saturated rings. The Bertz CT molecular complexity index is 1080. The number of hydrogen-bond donors (Lipinski definition) is 0. The molecule has 0 spiro atoms. The molecule has 2 unspecified atom stereocenters. The van der Waals surface area contributed by atoms with Crippen LogP contribution in [0.3, 0.4) is 0 Å². The van der Waals surface area contributed by atoms with Crippen LogP contribution in [0.4, 0.5) is 4.39 Å². The third-order valence-corrected chi connectivity index (χ3v) is 6.44. The monoisotopic (exact) mass is 473 g/mol. The second-order valence-electron chi connectivity index (χ2n) is 7.93. The lowest BCUT2D eigenvalue weighted by Crippen LogP contribution is -2.22. The van der Waals surface area contributed by atoms with Gasteiger partial charge in [0, 0.05) is 32.0 Å². The molecule has 2 aromatic carbocycles. The van der Waals surface area contributed by atoms with Crippen LogP contribution in [0.1, 0.15) is 44.2 Å². The fraction of sp³-hybridized carbons (Fsp3) is 0.385. The van der Waals surface area contributed by atoms with Crippen molar-refractivity contribution < 1.29 is 22.3 Å². The Hall–Kier alpha value is -2.80. The van der Waals surface area contributed by atoms with Gasteiger partial charge in [-0.25, -0.2) is 12.8 Å². The highest BCUT2D eigenvalue weighted by molar-refractivity contribution is 7.90. The lowest BCUT2D eigenvalue weighted by Gasteiger charge is -2.19. The highest BCUT2D eigenvalue weighted by Gasteiger charge is 2.31. The quantitative estimate of drug-likeness (QED) is 0.313. The first kappa shape index (κ1) is 26.5. The minimum atomic E-state index is -3.32. The van der Waals surface area contributed by atoms with Gasteiger partial charge in [0.15, 0.2) is 21.4 Å². The highest BCUT2D eigenvalue weighted by atomic mass is 32.2. The van der Waals surface area contributed by atoms with Crippen LogP contribution in [0.25, 0.3) is 5.57 Å². The summed E-state index contributed by atoms with van der Waals surface area (Å²) in [5.41, 5.74) is 2.40. The van der Waals surface area contributed by atoms with Crippen molar-refractivity contribution in [2.24, 2.45) is 4.99 Å². The number of hydrogen-bond acceptors (Lipinski definition) is 5. The van der Waals surface area contributed by atoms with Crippen molar-refractivity contribution in [1.82, 2.24) is 0 Å². The maximum absolute atomic E-state index is 13.9. The van der Waals surface area contributed by atoms with Crippen LogP contribution < -0.4 is 0 Å². The summed E-state index contributed by atoms with van der Waals surface area (Å²) in [6.07, 6.45) is 3.69. The molecule has 1 saturated carbocycles. The molecule has 1 aliphatic carbocycles. The maximum Gasteiger partial charge on any atom is 0.195 e. The number of allylic oxidation sites excluding steroid dienone is 2. The number of ketones is 1. The molecular formula is C26H32FNO4S. The number of nitrogens with zero attached hydrogens (tertiary/aromatic N) is 1. The van der Waals surface area contributed by atoms with Gasteiger partial charge in [0.25, 0.3) is 0 Å². The van der Waals surface area contributed by atoms with Crippen molar-refractivity contribution in [3.8, 4) is 0 Å². The zero-order chi connectivity index (χ0) is 24.4. The molecule has 2 aromatic rings. The summed E-state index contributed by atoms with van der Waals surface area (Å²) in [5, 5.41) is 0. The van der Waals surface area contributed by atoms with Crippen LogP contribution in [-0.2, 0) is 25.8 Å². The van der Waals surface area contributed by atoms with E-state index >= 15 is 0 Å². The molecule has 0 amide bonds. The molecule has 1 aliphatic rings. The van der Waals surface area contributed by atoms with Crippen molar-refractivity contribution in [2.75, 3.05) is 13.3 Å². The molecule has 33 heavy (non-hydrogen) atoms. The third-order valence-electron chi connectivity index (χ3n) is 5.31. The number of aryl methyl sites for hydroxylation is 1. The molecule has 5 nitrogen and oxygen atoms in total. The molecule has 0 N–H and O–H groups in total. The zero-order valence-electron chi connectivity index (χ0n) is 19.6. The van der Waals surface area contributed by atoms with Crippen LogP contribution in [0.2, 0.25) is 0 Å². The molecule has 0 saturated heterocycles. The van der Waals surface area contributed by atoms with Crippen LogP contribution >= 0.6 is 0 Å². The SMILES string of the molecule is CCc1ccccc1.CN=C/C(=C(/OC1CCCC1F)C(C)=O)c1ccc(S(C)(=O)=O)cc1. The number of rotatable bonds is 7. The van der Waals surface area contributed by atoms with Gasteiger partial charge in [-0.2, -0.15) is 0 Å². The molecule has 0 aliphatic heterocycles. The zero-order valence-corrected chi connectivity index (χ0v) is 20.4. The molecule has 0 radical (unpaired) electrons. The number of alkyl halides is 1. The Morgan fingerprint density at radius 1 is 1.12 bits per heavy atom. The van der Waals surface area contributed by atoms with E-state index in [1.165, 1.54) is 30.8 Å². The molecular weight excluding hydrogens is 441 g/mol. The van der Waals surface area contributed by atoms with Gasteiger partial charge in [0.05, 0.1) is 4.90 Å². The fourth-order valence-corrected chi connectivity index (χ4v) is 4.12. The molecule has 0 heterocycles. The molecule has 7 heteroatoms. The summed E-state index contributed by atoms with van der Waals surface area (Å²) in [7, 11) is -1.77. The molecule has 0 bridgehead atoms. The van der Waals surface area contributed by atoms with E-state index in [-0.39, 0.29) is 16.4 Å². The summed E-state index contributed by atoms with van der Waals surface area (Å²) in [5.74, 6) is -0.284. The van der Waals surface area contributed by atoms with Crippen LogP contribution in [-0.4, -0.2) is 46.0 Å². The normalized spacial score (nSPS) is 18.9. The van der Waals surface area contributed by atoms with E-state index in [0.717, 1.165) is 19.1 Å². The number of ether oxygens (including phenoxy) is 1. The average Bonchev–Trinajstić information content (AvgIpc) is 3.21. The van der Waals surface area contributed by atoms with Crippen molar-refractivity contribution in [3.63, 3.8) is 0 Å². The minimum absolute atomic E-state index is 0.0484. The Labute approximate surface area is 196 Å². The van der Waals surface area contributed by atoms with E-state index in [2.05, 4.69) is 36.2 Å². The minimum Gasteiger partial charge on any atom is -0.483 e. The van der Waals surface area contributed by atoms with Gasteiger partial charge in [-0.1, -0.05) is 49.4 Å². The van der Waals surface area contributed by atoms with Crippen molar-refractivity contribution >= 4 is 27.4 Å². The summed E-state index contributed by atoms with van der Waals surface area (Å²) >= 11 is 0. The van der Waals surface area contributed by atoms with Crippen LogP contribution in [0.5, 0.6) is 0 Å². The van der Waals surface area contributed by atoms with E-state index in [1.54, 1.807) is 19.2 Å². The van der Waals surface area contributed by atoms with Crippen molar-refractivity contribution in [2.45, 2.75) is 56.7 Å². The van der Waals surface area contributed by atoms with E-state index in [1.807, 2.05) is 6.07 Å². The Morgan fingerprint density at radius 2 is 1.76 bits per heavy atom. The lowest BCUT2D eigenvalue weighted by atomic mass is 10.0. The number of Topliss-reactive ketones (excluding diaryl/α,β-unsaturated/α-hetero) is 1. The van der Waals surface area contributed by atoms with E-state index in [0.29, 0.717) is 24.0 Å². The fourth-order valence-electron chi connectivity index (χ4n) is 3.49. The number of aliphatic imine (C=N–C) groups is 1. The number of benzene rings is 2. The van der Waals surface area contributed by atoms with Gasteiger partial charge in [-0.05, 0) is 48.9 Å². The standard InChI is InChI=1S/C18H22FNO4S.C8H10/c1-12(21)18(24-17-6-4-5-16(17)19)15(11-20-2)13-7-9-14(10-8-13)25(3,22)23;1-2-8-6-4-3-5-7-8/h7-11,16-17H,4-6H2,1-3H3;3-7H,2H2,1H3/b18-15-,20-11?;. The van der Waals surface area contributed by atoms with E-state index in [9.17, 15) is 17.6 Å². The Balaban J connectivity index is 0.000000405. The second-order valence-corrected chi connectivity index (χ2v) is 9.94. The number of halogens is 1. The number of carbonyl (C=O) groups excluding carboxylic acids is 1. The van der Waals surface area contributed by atoms with E-state index < -0.39 is 22.1 Å².